The van der Waals surface area contributed by atoms with Crippen LogP contribution in [0, 0.1) is 5.41 Å². The average molecular weight is 283 g/mol. The molecule has 0 radical (unpaired) electrons. The summed E-state index contributed by atoms with van der Waals surface area (Å²) in [6, 6.07) is 0. The second-order valence-electron chi connectivity index (χ2n) is 6.01. The van der Waals surface area contributed by atoms with Crippen LogP contribution in [-0.2, 0) is 0 Å². The molecule has 0 aromatic heterocycles. The number of aliphatic hydroxyl groups excluding tert-OH is 1. The lowest BCUT2D eigenvalue weighted by atomic mass is 9.72. The van der Waals surface area contributed by atoms with Crippen molar-refractivity contribution in [1.29, 1.82) is 0 Å². The zero-order valence-corrected chi connectivity index (χ0v) is 13.4. The van der Waals surface area contributed by atoms with Crippen LogP contribution in [0.15, 0.2) is 4.99 Å². The largest absolute Gasteiger partial charge is 0.396 e. The van der Waals surface area contributed by atoms with Crippen LogP contribution in [0.4, 0.5) is 0 Å². The summed E-state index contributed by atoms with van der Waals surface area (Å²) in [6.45, 7) is 7.30. The molecule has 1 saturated carbocycles. The van der Waals surface area contributed by atoms with Gasteiger partial charge in [0.2, 0.25) is 0 Å². The maximum Gasteiger partial charge on any atom is 0.191 e. The third-order valence-corrected chi connectivity index (χ3v) is 4.30. The van der Waals surface area contributed by atoms with Gasteiger partial charge in [0.15, 0.2) is 5.96 Å². The van der Waals surface area contributed by atoms with E-state index in [0.29, 0.717) is 0 Å². The minimum atomic E-state index is 0.236. The van der Waals surface area contributed by atoms with Crippen molar-refractivity contribution >= 4 is 5.96 Å². The normalized spacial score (nSPS) is 18.9. The van der Waals surface area contributed by atoms with E-state index >= 15 is 0 Å². The van der Waals surface area contributed by atoms with Crippen molar-refractivity contribution in [2.75, 3.05) is 26.2 Å². The van der Waals surface area contributed by atoms with Gasteiger partial charge in [-0.25, -0.2) is 0 Å². The maximum absolute atomic E-state index is 9.35. The summed E-state index contributed by atoms with van der Waals surface area (Å²) >= 11 is 0. The van der Waals surface area contributed by atoms with E-state index < -0.39 is 0 Å². The lowest BCUT2D eigenvalue weighted by Crippen LogP contribution is -2.39. The van der Waals surface area contributed by atoms with Gasteiger partial charge in [0.25, 0.3) is 0 Å². The molecule has 4 heteroatoms. The molecule has 0 saturated heterocycles. The standard InChI is InChI=1S/C16H33N3O/c1-3-5-12-18-15(17-4-2)19-14-16(11-13-20)9-7-6-8-10-16/h20H,3-14H2,1-2H3,(H2,17,18,19). The van der Waals surface area contributed by atoms with Crippen LogP contribution in [-0.4, -0.2) is 37.3 Å². The van der Waals surface area contributed by atoms with Gasteiger partial charge in [-0.15, -0.1) is 0 Å². The highest BCUT2D eigenvalue weighted by Crippen LogP contribution is 2.39. The Kier molecular flexibility index (Phi) is 8.67. The molecule has 1 aliphatic rings. The van der Waals surface area contributed by atoms with Crippen molar-refractivity contribution in [3.05, 3.63) is 0 Å². The monoisotopic (exact) mass is 283 g/mol. The number of unbranched alkanes of at least 4 members (excludes halogenated alkanes) is 1. The Labute approximate surface area is 124 Å². The number of hydrogen-bond acceptors (Lipinski definition) is 2. The number of guanidine groups is 1. The number of nitrogens with one attached hydrogen (secondary N) is 2. The van der Waals surface area contributed by atoms with Crippen molar-refractivity contribution in [3.63, 3.8) is 0 Å². The second kappa shape index (κ2) is 10.0. The summed E-state index contributed by atoms with van der Waals surface area (Å²) in [5.41, 5.74) is 0.236. The molecule has 1 rings (SSSR count). The molecule has 0 spiro atoms. The second-order valence-corrected chi connectivity index (χ2v) is 6.01. The Morgan fingerprint density at radius 3 is 2.50 bits per heavy atom. The molecule has 1 aliphatic carbocycles. The van der Waals surface area contributed by atoms with E-state index in [9.17, 15) is 5.11 Å². The van der Waals surface area contributed by atoms with Crippen molar-refractivity contribution in [2.45, 2.75) is 65.2 Å². The predicted molar refractivity (Wildman–Crippen MR) is 86.1 cm³/mol. The van der Waals surface area contributed by atoms with E-state index in [1.54, 1.807) is 0 Å². The summed E-state index contributed by atoms with van der Waals surface area (Å²) in [4.78, 5) is 4.78. The molecule has 0 bridgehead atoms. The Bertz CT molecular complexity index is 267. The highest BCUT2D eigenvalue weighted by Gasteiger charge is 2.31. The first-order valence-corrected chi connectivity index (χ1v) is 8.39. The summed E-state index contributed by atoms with van der Waals surface area (Å²) in [6.07, 6.45) is 9.60. The Morgan fingerprint density at radius 1 is 1.15 bits per heavy atom. The zero-order valence-electron chi connectivity index (χ0n) is 13.4. The van der Waals surface area contributed by atoms with Gasteiger partial charge in [-0.2, -0.15) is 0 Å². The first kappa shape index (κ1) is 17.3. The fourth-order valence-electron chi connectivity index (χ4n) is 3.00. The third kappa shape index (κ3) is 6.12. The number of aliphatic hydroxyl groups is 1. The molecule has 4 nitrogen and oxygen atoms in total. The van der Waals surface area contributed by atoms with Crippen LogP contribution in [0.1, 0.15) is 65.2 Å². The number of rotatable bonds is 8. The molecular weight excluding hydrogens is 250 g/mol. The summed E-state index contributed by atoms with van der Waals surface area (Å²) in [5, 5.41) is 16.1. The lowest BCUT2D eigenvalue weighted by molar-refractivity contribution is 0.137. The zero-order chi connectivity index (χ0) is 14.7. The lowest BCUT2D eigenvalue weighted by Gasteiger charge is -2.35. The van der Waals surface area contributed by atoms with Gasteiger partial charge in [0.1, 0.15) is 0 Å². The smallest absolute Gasteiger partial charge is 0.191 e. The summed E-state index contributed by atoms with van der Waals surface area (Å²) < 4.78 is 0. The first-order chi connectivity index (χ1) is 9.76. The molecule has 0 aromatic carbocycles. The molecular formula is C16H33N3O. The highest BCUT2D eigenvalue weighted by molar-refractivity contribution is 5.79. The SMILES string of the molecule is CCCCNC(=NCC1(CCO)CCCCC1)NCC. The van der Waals surface area contributed by atoms with E-state index in [0.717, 1.165) is 32.0 Å². The van der Waals surface area contributed by atoms with Crippen LogP contribution in [0.25, 0.3) is 0 Å². The highest BCUT2D eigenvalue weighted by atomic mass is 16.3. The van der Waals surface area contributed by atoms with Crippen LogP contribution in [0.3, 0.4) is 0 Å². The third-order valence-electron chi connectivity index (χ3n) is 4.30. The molecule has 0 aromatic rings. The van der Waals surface area contributed by atoms with E-state index in [1.807, 2.05) is 0 Å². The minimum Gasteiger partial charge on any atom is -0.396 e. The molecule has 3 N–H and O–H groups in total. The number of aliphatic imine (C=N–C) groups is 1. The van der Waals surface area contributed by atoms with Gasteiger partial charge >= 0.3 is 0 Å². The quantitative estimate of drug-likeness (QED) is 0.365. The molecule has 0 unspecified atom stereocenters. The van der Waals surface area contributed by atoms with E-state index in [2.05, 4.69) is 24.5 Å². The Balaban J connectivity index is 2.56. The van der Waals surface area contributed by atoms with E-state index in [-0.39, 0.29) is 12.0 Å². The fraction of sp³-hybridized carbons (Fsp3) is 0.938. The molecule has 20 heavy (non-hydrogen) atoms. The van der Waals surface area contributed by atoms with Gasteiger partial charge in [-0.05, 0) is 38.0 Å². The van der Waals surface area contributed by atoms with Crippen molar-refractivity contribution in [1.82, 2.24) is 10.6 Å². The molecule has 1 fully saturated rings. The molecule has 0 amide bonds. The van der Waals surface area contributed by atoms with Gasteiger partial charge in [-0.1, -0.05) is 32.6 Å². The minimum absolute atomic E-state index is 0.236. The average Bonchev–Trinajstić information content (AvgIpc) is 2.46. The van der Waals surface area contributed by atoms with E-state index in [1.165, 1.54) is 44.9 Å². The number of hydrogen-bond donors (Lipinski definition) is 3. The molecule has 118 valence electrons. The van der Waals surface area contributed by atoms with E-state index in [4.69, 9.17) is 4.99 Å². The van der Waals surface area contributed by atoms with Gasteiger partial charge in [0, 0.05) is 26.2 Å². The van der Waals surface area contributed by atoms with Gasteiger partial charge in [0.05, 0.1) is 0 Å². The molecule has 0 aliphatic heterocycles. The van der Waals surface area contributed by atoms with Gasteiger partial charge < -0.3 is 15.7 Å². The Hall–Kier alpha value is -0.770. The van der Waals surface area contributed by atoms with Crippen LogP contribution in [0.2, 0.25) is 0 Å². The van der Waals surface area contributed by atoms with Crippen molar-refractivity contribution in [2.24, 2.45) is 10.4 Å². The number of nitrogens with zero attached hydrogens (tertiary/aromatic N) is 1. The molecule has 0 atom stereocenters. The van der Waals surface area contributed by atoms with Gasteiger partial charge in [-0.3, -0.25) is 4.99 Å². The first-order valence-electron chi connectivity index (χ1n) is 8.39. The van der Waals surface area contributed by atoms with Crippen LogP contribution in [0.5, 0.6) is 0 Å². The molecule has 0 heterocycles. The maximum atomic E-state index is 9.35. The van der Waals surface area contributed by atoms with Crippen molar-refractivity contribution in [3.8, 4) is 0 Å². The van der Waals surface area contributed by atoms with Crippen LogP contribution < -0.4 is 10.6 Å². The topological polar surface area (TPSA) is 56.7 Å². The van der Waals surface area contributed by atoms with Crippen molar-refractivity contribution < 1.29 is 5.11 Å². The van der Waals surface area contributed by atoms with Crippen LogP contribution >= 0.6 is 0 Å². The Morgan fingerprint density at radius 2 is 1.90 bits per heavy atom. The predicted octanol–water partition coefficient (Wildman–Crippen LogP) is 2.67. The summed E-state index contributed by atoms with van der Waals surface area (Å²) in [5.74, 6) is 0.934. The fourth-order valence-corrected chi connectivity index (χ4v) is 3.00. The summed E-state index contributed by atoms with van der Waals surface area (Å²) in [7, 11) is 0.